The van der Waals surface area contributed by atoms with Crippen molar-refractivity contribution in [3.8, 4) is 0 Å². The molecule has 0 amide bonds. The molecular weight excluding hydrogens is 220 g/mol. The molecule has 1 aliphatic rings. The van der Waals surface area contributed by atoms with Crippen molar-refractivity contribution in [2.45, 2.75) is 38.0 Å². The summed E-state index contributed by atoms with van der Waals surface area (Å²) in [6.07, 6.45) is 6.42. The highest BCUT2D eigenvalue weighted by atomic mass is 15.1. The van der Waals surface area contributed by atoms with E-state index in [-0.39, 0.29) is 0 Å². The Hall–Kier alpha value is -0.860. The molecule has 0 spiro atoms. The maximum absolute atomic E-state index is 5.52. The van der Waals surface area contributed by atoms with Crippen LogP contribution in [-0.2, 0) is 0 Å². The smallest absolute Gasteiger partial charge is 0.00129 e. The topological polar surface area (TPSA) is 29.3 Å². The summed E-state index contributed by atoms with van der Waals surface area (Å²) in [6, 6.07) is 11.0. The molecule has 0 aliphatic carbocycles. The van der Waals surface area contributed by atoms with Crippen LogP contribution in [0, 0.1) is 0 Å². The molecule has 18 heavy (non-hydrogen) atoms. The fraction of sp³-hybridized carbons (Fsp3) is 0.625. The fourth-order valence-corrected chi connectivity index (χ4v) is 2.87. The first-order valence-corrected chi connectivity index (χ1v) is 7.37. The Morgan fingerprint density at radius 2 is 1.72 bits per heavy atom. The minimum absolute atomic E-state index is 0.784. The summed E-state index contributed by atoms with van der Waals surface area (Å²) >= 11 is 0. The van der Waals surface area contributed by atoms with Crippen LogP contribution < -0.4 is 5.73 Å². The van der Waals surface area contributed by atoms with Gasteiger partial charge in [0.1, 0.15) is 0 Å². The first kappa shape index (κ1) is 13.6. The van der Waals surface area contributed by atoms with Gasteiger partial charge in [0.15, 0.2) is 0 Å². The zero-order valence-corrected chi connectivity index (χ0v) is 11.4. The number of hydrogen-bond acceptors (Lipinski definition) is 2. The van der Waals surface area contributed by atoms with Crippen molar-refractivity contribution in [2.75, 3.05) is 26.2 Å². The lowest BCUT2D eigenvalue weighted by atomic mass is 9.89. The third-order valence-electron chi connectivity index (χ3n) is 4.04. The lowest BCUT2D eigenvalue weighted by Gasteiger charge is -2.32. The van der Waals surface area contributed by atoms with Gasteiger partial charge in [0, 0.05) is 0 Å². The van der Waals surface area contributed by atoms with E-state index < -0.39 is 0 Å². The van der Waals surface area contributed by atoms with E-state index in [4.69, 9.17) is 5.73 Å². The van der Waals surface area contributed by atoms with E-state index >= 15 is 0 Å². The summed E-state index contributed by atoms with van der Waals surface area (Å²) in [4.78, 5) is 2.62. The van der Waals surface area contributed by atoms with Crippen LogP contribution >= 0.6 is 0 Å². The van der Waals surface area contributed by atoms with Crippen molar-refractivity contribution in [2.24, 2.45) is 5.73 Å². The van der Waals surface area contributed by atoms with E-state index in [1.54, 1.807) is 0 Å². The van der Waals surface area contributed by atoms with Crippen LogP contribution in [0.1, 0.15) is 43.6 Å². The van der Waals surface area contributed by atoms with Gasteiger partial charge in [0.2, 0.25) is 0 Å². The van der Waals surface area contributed by atoms with Gasteiger partial charge in [-0.25, -0.2) is 0 Å². The lowest BCUT2D eigenvalue weighted by molar-refractivity contribution is 0.208. The molecule has 2 N–H and O–H groups in total. The van der Waals surface area contributed by atoms with Crippen molar-refractivity contribution in [1.29, 1.82) is 0 Å². The Kier molecular flexibility index (Phi) is 5.69. The van der Waals surface area contributed by atoms with Crippen LogP contribution in [0.4, 0.5) is 0 Å². The highest BCUT2D eigenvalue weighted by Crippen LogP contribution is 2.27. The molecule has 1 aliphatic heterocycles. The summed E-state index contributed by atoms with van der Waals surface area (Å²) in [7, 11) is 0. The molecule has 1 fully saturated rings. The van der Waals surface area contributed by atoms with E-state index in [1.165, 1.54) is 57.3 Å². The van der Waals surface area contributed by atoms with Crippen LogP contribution in [0.15, 0.2) is 30.3 Å². The summed E-state index contributed by atoms with van der Waals surface area (Å²) in [6.45, 7) is 4.64. The lowest BCUT2D eigenvalue weighted by Crippen LogP contribution is -2.33. The Balaban J connectivity index is 1.68. The normalized spacial score (nSPS) is 18.1. The molecule has 1 aromatic rings. The predicted octanol–water partition coefficient (Wildman–Crippen LogP) is 3.00. The molecule has 1 saturated heterocycles. The Bertz CT molecular complexity index is 315. The second kappa shape index (κ2) is 7.55. The van der Waals surface area contributed by atoms with Crippen molar-refractivity contribution < 1.29 is 0 Å². The van der Waals surface area contributed by atoms with E-state index in [0.29, 0.717) is 0 Å². The van der Waals surface area contributed by atoms with Gasteiger partial charge < -0.3 is 10.6 Å². The van der Waals surface area contributed by atoms with Gasteiger partial charge >= 0.3 is 0 Å². The van der Waals surface area contributed by atoms with Gasteiger partial charge in [0.05, 0.1) is 0 Å². The maximum atomic E-state index is 5.52. The standard InChI is InChI=1S/C16H26N2/c17-11-5-2-6-12-18-13-9-16(10-14-18)15-7-3-1-4-8-15/h1,3-4,7-8,16H,2,5-6,9-14,17H2. The minimum Gasteiger partial charge on any atom is -0.330 e. The number of hydrogen-bond donors (Lipinski definition) is 1. The summed E-state index contributed by atoms with van der Waals surface area (Å²) < 4.78 is 0. The average molecular weight is 246 g/mol. The third kappa shape index (κ3) is 4.11. The van der Waals surface area contributed by atoms with Crippen molar-refractivity contribution in [3.05, 3.63) is 35.9 Å². The fourth-order valence-electron chi connectivity index (χ4n) is 2.87. The second-order valence-electron chi connectivity index (χ2n) is 5.38. The van der Waals surface area contributed by atoms with E-state index in [0.717, 1.165) is 12.5 Å². The average Bonchev–Trinajstić information content (AvgIpc) is 2.45. The molecule has 0 atom stereocenters. The Labute approximate surface area is 111 Å². The molecule has 1 heterocycles. The maximum Gasteiger partial charge on any atom is -0.00129 e. The number of benzene rings is 1. The number of nitrogens with zero attached hydrogens (tertiary/aromatic N) is 1. The molecule has 2 heteroatoms. The zero-order valence-electron chi connectivity index (χ0n) is 11.4. The first-order valence-electron chi connectivity index (χ1n) is 7.37. The van der Waals surface area contributed by atoms with Crippen LogP contribution in [0.5, 0.6) is 0 Å². The van der Waals surface area contributed by atoms with Gasteiger partial charge in [-0.2, -0.15) is 0 Å². The Morgan fingerprint density at radius 3 is 2.39 bits per heavy atom. The summed E-state index contributed by atoms with van der Waals surface area (Å²) in [5, 5.41) is 0. The predicted molar refractivity (Wildman–Crippen MR) is 77.8 cm³/mol. The van der Waals surface area contributed by atoms with E-state index in [1.807, 2.05) is 0 Å². The number of nitrogens with two attached hydrogens (primary N) is 1. The summed E-state index contributed by atoms with van der Waals surface area (Å²) in [5.74, 6) is 0.784. The highest BCUT2D eigenvalue weighted by molar-refractivity contribution is 5.19. The van der Waals surface area contributed by atoms with Gasteiger partial charge in [-0.05, 0) is 63.3 Å². The van der Waals surface area contributed by atoms with Crippen LogP contribution in [0.2, 0.25) is 0 Å². The third-order valence-corrected chi connectivity index (χ3v) is 4.04. The van der Waals surface area contributed by atoms with Crippen LogP contribution in [0.25, 0.3) is 0 Å². The minimum atomic E-state index is 0.784. The van der Waals surface area contributed by atoms with Crippen molar-refractivity contribution >= 4 is 0 Å². The largest absolute Gasteiger partial charge is 0.330 e. The molecule has 2 rings (SSSR count). The van der Waals surface area contributed by atoms with Crippen LogP contribution in [-0.4, -0.2) is 31.1 Å². The number of piperidine rings is 1. The van der Waals surface area contributed by atoms with Gasteiger partial charge in [0.25, 0.3) is 0 Å². The molecule has 0 aromatic heterocycles. The molecule has 100 valence electrons. The van der Waals surface area contributed by atoms with Gasteiger partial charge in [-0.15, -0.1) is 0 Å². The van der Waals surface area contributed by atoms with Gasteiger partial charge in [-0.3, -0.25) is 0 Å². The van der Waals surface area contributed by atoms with E-state index in [9.17, 15) is 0 Å². The Morgan fingerprint density at radius 1 is 1.00 bits per heavy atom. The van der Waals surface area contributed by atoms with Crippen molar-refractivity contribution in [1.82, 2.24) is 4.90 Å². The number of rotatable bonds is 6. The monoisotopic (exact) mass is 246 g/mol. The zero-order chi connectivity index (χ0) is 12.6. The first-order chi connectivity index (χ1) is 8.90. The van der Waals surface area contributed by atoms with Crippen LogP contribution in [0.3, 0.4) is 0 Å². The highest BCUT2D eigenvalue weighted by Gasteiger charge is 2.19. The quantitative estimate of drug-likeness (QED) is 0.782. The SMILES string of the molecule is NCCCCCN1CCC(c2ccccc2)CC1. The molecular formula is C16H26N2. The summed E-state index contributed by atoms with van der Waals surface area (Å²) in [5.41, 5.74) is 7.04. The molecule has 2 nitrogen and oxygen atoms in total. The van der Waals surface area contributed by atoms with Gasteiger partial charge in [-0.1, -0.05) is 36.8 Å². The second-order valence-corrected chi connectivity index (χ2v) is 5.38. The molecule has 0 radical (unpaired) electrons. The molecule has 1 aromatic carbocycles. The number of unbranched alkanes of at least 4 members (excludes halogenated alkanes) is 2. The number of likely N-dealkylation sites (tertiary alicyclic amines) is 1. The molecule has 0 unspecified atom stereocenters. The van der Waals surface area contributed by atoms with E-state index in [2.05, 4.69) is 35.2 Å². The molecule has 0 saturated carbocycles. The van der Waals surface area contributed by atoms with Crippen molar-refractivity contribution in [3.63, 3.8) is 0 Å². The molecule has 0 bridgehead atoms.